The normalized spacial score (nSPS) is 10.5. The van der Waals surface area contributed by atoms with Crippen LogP contribution in [0.15, 0.2) is 10.6 Å². The van der Waals surface area contributed by atoms with Crippen LogP contribution < -0.4 is 5.73 Å². The summed E-state index contributed by atoms with van der Waals surface area (Å²) in [6, 6.07) is 3.99. The highest BCUT2D eigenvalue weighted by atomic mass is 16.5. The van der Waals surface area contributed by atoms with Crippen LogP contribution in [0.25, 0.3) is 0 Å². The van der Waals surface area contributed by atoms with Crippen molar-refractivity contribution in [2.75, 3.05) is 5.73 Å². The Labute approximate surface area is 99.4 Å². The van der Waals surface area contributed by atoms with Crippen LogP contribution in [0.2, 0.25) is 0 Å². The first-order valence-corrected chi connectivity index (χ1v) is 5.32. The van der Waals surface area contributed by atoms with E-state index in [9.17, 15) is 0 Å². The fraction of sp³-hybridized carbons (Fsp3) is 0.333. The number of anilines is 1. The van der Waals surface area contributed by atoms with Crippen LogP contribution in [0.5, 0.6) is 0 Å². The van der Waals surface area contributed by atoms with Gasteiger partial charge >= 0.3 is 0 Å². The Morgan fingerprint density at radius 2 is 2.18 bits per heavy atom. The van der Waals surface area contributed by atoms with Gasteiger partial charge in [0.05, 0.1) is 12.1 Å². The molecule has 0 bridgehead atoms. The van der Waals surface area contributed by atoms with Crippen molar-refractivity contribution < 1.29 is 4.52 Å². The minimum absolute atomic E-state index is 0.489. The van der Waals surface area contributed by atoms with Crippen molar-refractivity contribution in [2.24, 2.45) is 0 Å². The molecule has 5 nitrogen and oxygen atoms in total. The molecule has 0 fully saturated rings. The lowest BCUT2D eigenvalue weighted by Gasteiger charge is -2.05. The first kappa shape index (κ1) is 11.3. The van der Waals surface area contributed by atoms with E-state index in [1.54, 1.807) is 0 Å². The van der Waals surface area contributed by atoms with Crippen LogP contribution >= 0.6 is 0 Å². The van der Waals surface area contributed by atoms with Crippen LogP contribution in [0.1, 0.15) is 28.3 Å². The van der Waals surface area contributed by atoms with Crippen molar-refractivity contribution in [3.8, 4) is 6.07 Å². The maximum absolute atomic E-state index is 9.03. The largest absolute Gasteiger partial charge is 0.384 e. The standard InChI is InChI=1S/C12H14N4O/c1-7-4-10(15-17-7)6-16-9(3)8(2)11(5-13)12(16)14/h4H,6,14H2,1-3H3. The van der Waals surface area contributed by atoms with Gasteiger partial charge < -0.3 is 14.8 Å². The lowest BCUT2D eigenvalue weighted by Crippen LogP contribution is -2.06. The third-order valence-corrected chi connectivity index (χ3v) is 2.98. The predicted molar refractivity (Wildman–Crippen MR) is 63.4 cm³/mol. The summed E-state index contributed by atoms with van der Waals surface area (Å²) in [5.74, 6) is 1.25. The van der Waals surface area contributed by atoms with Gasteiger partial charge in [-0.15, -0.1) is 0 Å². The van der Waals surface area contributed by atoms with Gasteiger partial charge in [-0.2, -0.15) is 5.26 Å². The minimum Gasteiger partial charge on any atom is -0.384 e. The van der Waals surface area contributed by atoms with Crippen molar-refractivity contribution in [2.45, 2.75) is 27.3 Å². The highest BCUT2D eigenvalue weighted by Gasteiger charge is 2.16. The Balaban J connectivity index is 2.44. The van der Waals surface area contributed by atoms with Gasteiger partial charge in [-0.1, -0.05) is 5.16 Å². The van der Waals surface area contributed by atoms with Gasteiger partial charge in [0.2, 0.25) is 0 Å². The summed E-state index contributed by atoms with van der Waals surface area (Å²) in [4.78, 5) is 0. The Kier molecular flexibility index (Phi) is 2.64. The van der Waals surface area contributed by atoms with E-state index in [2.05, 4.69) is 11.2 Å². The van der Waals surface area contributed by atoms with Crippen molar-refractivity contribution in [1.82, 2.24) is 9.72 Å². The fourth-order valence-electron chi connectivity index (χ4n) is 1.89. The third-order valence-electron chi connectivity index (χ3n) is 2.98. The molecule has 0 spiro atoms. The molecule has 0 aliphatic rings. The molecule has 2 aromatic heterocycles. The summed E-state index contributed by atoms with van der Waals surface area (Å²) >= 11 is 0. The molecule has 0 aliphatic heterocycles. The van der Waals surface area contributed by atoms with Gasteiger partial charge in [0.25, 0.3) is 0 Å². The average molecular weight is 230 g/mol. The first-order valence-electron chi connectivity index (χ1n) is 5.32. The van der Waals surface area contributed by atoms with Crippen LogP contribution in [0, 0.1) is 32.1 Å². The molecule has 0 saturated heterocycles. The van der Waals surface area contributed by atoms with Crippen molar-refractivity contribution in [3.05, 3.63) is 34.3 Å². The molecule has 0 saturated carbocycles. The van der Waals surface area contributed by atoms with E-state index in [1.807, 2.05) is 31.4 Å². The molecule has 0 unspecified atom stereocenters. The zero-order chi connectivity index (χ0) is 12.6. The van der Waals surface area contributed by atoms with E-state index in [0.29, 0.717) is 17.9 Å². The van der Waals surface area contributed by atoms with E-state index in [1.165, 1.54) is 0 Å². The molecule has 2 aromatic rings. The molecule has 0 amide bonds. The lowest BCUT2D eigenvalue weighted by atomic mass is 10.2. The Morgan fingerprint density at radius 3 is 2.65 bits per heavy atom. The molecule has 5 heteroatoms. The van der Waals surface area contributed by atoms with Gasteiger partial charge in [0.1, 0.15) is 23.3 Å². The molecule has 0 aromatic carbocycles. The molecule has 2 N–H and O–H groups in total. The highest BCUT2D eigenvalue weighted by molar-refractivity contribution is 5.58. The van der Waals surface area contributed by atoms with E-state index >= 15 is 0 Å². The number of aromatic nitrogens is 2. The summed E-state index contributed by atoms with van der Waals surface area (Å²) in [5, 5.41) is 13.0. The molecular formula is C12H14N4O. The second kappa shape index (κ2) is 3.98. The van der Waals surface area contributed by atoms with Gasteiger partial charge in [-0.25, -0.2) is 0 Å². The van der Waals surface area contributed by atoms with Gasteiger partial charge in [-0.05, 0) is 26.3 Å². The Morgan fingerprint density at radius 1 is 1.47 bits per heavy atom. The summed E-state index contributed by atoms with van der Waals surface area (Å²) in [5.41, 5.74) is 9.21. The van der Waals surface area contributed by atoms with Gasteiger partial charge in [-0.3, -0.25) is 0 Å². The maximum atomic E-state index is 9.03. The predicted octanol–water partition coefficient (Wildman–Crippen LogP) is 1.90. The van der Waals surface area contributed by atoms with Gasteiger partial charge in [0, 0.05) is 11.8 Å². The second-order valence-corrected chi connectivity index (χ2v) is 4.10. The maximum Gasteiger partial charge on any atom is 0.133 e. The number of rotatable bonds is 2. The summed E-state index contributed by atoms with van der Waals surface area (Å²) < 4.78 is 6.89. The van der Waals surface area contributed by atoms with E-state index in [-0.39, 0.29) is 0 Å². The SMILES string of the molecule is Cc1cc(Cn2c(C)c(C)c(C#N)c2N)no1. The number of nitriles is 1. The molecule has 2 heterocycles. The Bertz CT molecular complexity index is 601. The van der Waals surface area contributed by atoms with Crippen LogP contribution in [-0.4, -0.2) is 9.72 Å². The van der Waals surface area contributed by atoms with Crippen molar-refractivity contribution >= 4 is 5.82 Å². The lowest BCUT2D eigenvalue weighted by molar-refractivity contribution is 0.389. The van der Waals surface area contributed by atoms with Crippen LogP contribution in [0.4, 0.5) is 5.82 Å². The topological polar surface area (TPSA) is 80.8 Å². The molecule has 0 aliphatic carbocycles. The van der Waals surface area contributed by atoms with Gasteiger partial charge in [0.15, 0.2) is 0 Å². The Hall–Kier alpha value is -2.22. The molecule has 0 radical (unpaired) electrons. The zero-order valence-electron chi connectivity index (χ0n) is 10.1. The number of hydrogen-bond acceptors (Lipinski definition) is 4. The summed E-state index contributed by atoms with van der Waals surface area (Å²) in [6.07, 6.45) is 0. The quantitative estimate of drug-likeness (QED) is 0.854. The second-order valence-electron chi connectivity index (χ2n) is 4.10. The molecular weight excluding hydrogens is 216 g/mol. The number of aryl methyl sites for hydroxylation is 1. The average Bonchev–Trinajstić information content (AvgIpc) is 2.78. The smallest absolute Gasteiger partial charge is 0.133 e. The van der Waals surface area contributed by atoms with Crippen molar-refractivity contribution in [1.29, 1.82) is 5.26 Å². The summed E-state index contributed by atoms with van der Waals surface area (Å²) in [6.45, 7) is 6.21. The fourth-order valence-corrected chi connectivity index (χ4v) is 1.89. The van der Waals surface area contributed by atoms with Crippen LogP contribution in [0.3, 0.4) is 0 Å². The summed E-state index contributed by atoms with van der Waals surface area (Å²) in [7, 11) is 0. The van der Waals surface area contributed by atoms with E-state index in [0.717, 1.165) is 22.7 Å². The van der Waals surface area contributed by atoms with Crippen LogP contribution in [-0.2, 0) is 6.54 Å². The number of hydrogen-bond donors (Lipinski definition) is 1. The number of nitrogens with two attached hydrogens (primary N) is 1. The van der Waals surface area contributed by atoms with E-state index in [4.69, 9.17) is 15.5 Å². The number of nitrogens with zero attached hydrogens (tertiary/aromatic N) is 3. The zero-order valence-corrected chi connectivity index (χ0v) is 10.1. The third kappa shape index (κ3) is 1.78. The molecule has 17 heavy (non-hydrogen) atoms. The minimum atomic E-state index is 0.489. The molecule has 88 valence electrons. The number of nitrogen functional groups attached to an aromatic ring is 1. The highest BCUT2D eigenvalue weighted by Crippen LogP contribution is 2.24. The molecule has 2 rings (SSSR count). The van der Waals surface area contributed by atoms with E-state index < -0.39 is 0 Å². The molecule has 0 atom stereocenters. The monoisotopic (exact) mass is 230 g/mol. The van der Waals surface area contributed by atoms with Crippen molar-refractivity contribution in [3.63, 3.8) is 0 Å². The first-order chi connectivity index (χ1) is 8.04.